The van der Waals surface area contributed by atoms with Crippen molar-refractivity contribution in [2.75, 3.05) is 6.61 Å². The second-order valence-corrected chi connectivity index (χ2v) is 15.8. The molecular weight excluding hydrogens is 605 g/mol. The van der Waals surface area contributed by atoms with Crippen molar-refractivity contribution < 1.29 is 68.6 Å². The number of halogens is 3. The van der Waals surface area contributed by atoms with Gasteiger partial charge in [0.25, 0.3) is 0 Å². The van der Waals surface area contributed by atoms with Crippen LogP contribution in [0.5, 0.6) is 0 Å². The lowest BCUT2D eigenvalue weighted by Crippen LogP contribution is -2.64. The molecule has 0 aromatic carbocycles. The number of carbonyl (C=O) groups excluding carboxylic acids is 4. The average molecular weight is 649 g/mol. The predicted molar refractivity (Wildman–Crippen MR) is 143 cm³/mol. The minimum absolute atomic E-state index is 0.732. The first-order valence-electron chi connectivity index (χ1n) is 13.3. The Hall–Kier alpha value is -2.46. The molecule has 5 atom stereocenters. The number of alkyl halides is 3. The van der Waals surface area contributed by atoms with Crippen LogP contribution in [0.15, 0.2) is 0 Å². The van der Waals surface area contributed by atoms with Crippen LogP contribution >= 0.6 is 0 Å². The molecule has 1 saturated heterocycles. The molecule has 0 N–H and O–H groups in total. The van der Waals surface area contributed by atoms with Crippen LogP contribution in [0.3, 0.4) is 0 Å². The smallest absolute Gasteiger partial charge is 0.462 e. The maximum atomic E-state index is 13.5. The highest BCUT2D eigenvalue weighted by Gasteiger charge is 2.59. The van der Waals surface area contributed by atoms with Gasteiger partial charge in [0, 0.05) is 0 Å². The van der Waals surface area contributed by atoms with Crippen molar-refractivity contribution in [3.8, 4) is 0 Å². The molecule has 250 valence electrons. The summed E-state index contributed by atoms with van der Waals surface area (Å²) < 4.78 is 96.6. The van der Waals surface area contributed by atoms with Crippen molar-refractivity contribution in [3.05, 3.63) is 0 Å². The van der Waals surface area contributed by atoms with E-state index in [1.165, 1.54) is 83.1 Å². The van der Waals surface area contributed by atoms with Gasteiger partial charge >= 0.3 is 39.5 Å². The van der Waals surface area contributed by atoms with E-state index in [1.54, 1.807) is 0 Å². The van der Waals surface area contributed by atoms with E-state index in [9.17, 15) is 40.8 Å². The minimum Gasteiger partial charge on any atom is -0.462 e. The van der Waals surface area contributed by atoms with Crippen molar-refractivity contribution in [2.24, 2.45) is 21.7 Å². The van der Waals surface area contributed by atoms with Crippen molar-refractivity contribution in [1.82, 2.24) is 0 Å². The molecule has 1 heterocycles. The molecule has 0 saturated carbocycles. The molecule has 0 bridgehead atoms. The summed E-state index contributed by atoms with van der Waals surface area (Å²) in [5, 5.41) is 0. The van der Waals surface area contributed by atoms with Crippen molar-refractivity contribution in [2.45, 2.75) is 119 Å². The molecule has 3 unspecified atom stereocenters. The van der Waals surface area contributed by atoms with Gasteiger partial charge in [0.05, 0.1) is 21.7 Å². The molecule has 1 aliphatic heterocycles. The van der Waals surface area contributed by atoms with E-state index in [1.807, 2.05) is 0 Å². The Morgan fingerprint density at radius 1 is 0.605 bits per heavy atom. The number of carbonyl (C=O) groups is 4. The van der Waals surface area contributed by atoms with Gasteiger partial charge in [-0.25, -0.2) is 4.18 Å². The first kappa shape index (κ1) is 38.6. The van der Waals surface area contributed by atoms with Gasteiger partial charge in [-0.2, -0.15) is 21.6 Å². The molecule has 0 radical (unpaired) electrons. The average Bonchev–Trinajstić information content (AvgIpc) is 2.77. The van der Waals surface area contributed by atoms with Crippen LogP contribution in [0, 0.1) is 21.7 Å². The summed E-state index contributed by atoms with van der Waals surface area (Å²) in [6, 6.07) is 0. The number of hydrogen-bond donors (Lipinski definition) is 0. The largest absolute Gasteiger partial charge is 0.523 e. The normalized spacial score (nSPS) is 24.1. The Labute approximate surface area is 250 Å². The second kappa shape index (κ2) is 12.9. The van der Waals surface area contributed by atoms with Crippen LogP contribution in [-0.4, -0.2) is 75.1 Å². The van der Waals surface area contributed by atoms with Gasteiger partial charge in [0.15, 0.2) is 18.3 Å². The van der Waals surface area contributed by atoms with E-state index in [-0.39, 0.29) is 0 Å². The van der Waals surface area contributed by atoms with E-state index in [0.29, 0.717) is 0 Å². The highest BCUT2D eigenvalue weighted by molar-refractivity contribution is 7.87. The topological polar surface area (TPSA) is 158 Å². The molecule has 43 heavy (non-hydrogen) atoms. The van der Waals surface area contributed by atoms with Gasteiger partial charge in [0.2, 0.25) is 6.29 Å². The monoisotopic (exact) mass is 648 g/mol. The number of ether oxygens (including phenoxy) is 5. The summed E-state index contributed by atoms with van der Waals surface area (Å²) in [6.07, 6.45) is -10.5. The molecule has 0 spiro atoms. The molecule has 0 aliphatic carbocycles. The second-order valence-electron chi connectivity index (χ2n) is 14.2. The van der Waals surface area contributed by atoms with Crippen LogP contribution in [0.1, 0.15) is 83.1 Å². The predicted octanol–water partition coefficient (Wildman–Crippen LogP) is 4.04. The van der Waals surface area contributed by atoms with E-state index in [2.05, 4.69) is 4.18 Å². The maximum Gasteiger partial charge on any atom is 0.523 e. The highest BCUT2D eigenvalue weighted by Crippen LogP contribution is 2.37. The lowest BCUT2D eigenvalue weighted by molar-refractivity contribution is -0.298. The molecule has 16 heteroatoms. The molecule has 0 aromatic rings. The van der Waals surface area contributed by atoms with Gasteiger partial charge in [-0.1, -0.05) is 0 Å². The Bertz CT molecular complexity index is 1150. The molecular formula is C27H43F3O12S. The Kier molecular flexibility index (Phi) is 11.5. The van der Waals surface area contributed by atoms with Gasteiger partial charge in [-0.05, 0) is 83.1 Å². The summed E-state index contributed by atoms with van der Waals surface area (Å²) in [5.41, 5.74) is -10.8. The van der Waals surface area contributed by atoms with Crippen LogP contribution in [0.25, 0.3) is 0 Å². The van der Waals surface area contributed by atoms with Gasteiger partial charge < -0.3 is 23.7 Å². The van der Waals surface area contributed by atoms with E-state index in [4.69, 9.17) is 23.7 Å². The first-order chi connectivity index (χ1) is 18.9. The summed E-state index contributed by atoms with van der Waals surface area (Å²) in [5.74, 6) is -3.86. The lowest BCUT2D eigenvalue weighted by Gasteiger charge is -2.45. The SMILES string of the molecule is CC(C)(C)C(=O)OCC1OC(OC(=O)C(C)(C)C)C(OS(=O)(=O)C(F)(F)F)[C@@H](OC(=O)C(C)(C)C)[C@@H]1OC(=O)C(C)(C)C. The Balaban J connectivity index is 3.91. The highest BCUT2D eigenvalue weighted by atomic mass is 32.2. The van der Waals surface area contributed by atoms with Crippen LogP contribution in [0.2, 0.25) is 0 Å². The Morgan fingerprint density at radius 2 is 0.977 bits per heavy atom. The molecule has 1 fully saturated rings. The quantitative estimate of drug-likeness (QED) is 0.169. The summed E-state index contributed by atoms with van der Waals surface area (Å²) in [4.78, 5) is 51.4. The van der Waals surface area contributed by atoms with Gasteiger partial charge in [-0.15, -0.1) is 0 Å². The fourth-order valence-corrected chi connectivity index (χ4v) is 3.55. The van der Waals surface area contributed by atoms with Crippen molar-refractivity contribution >= 4 is 34.0 Å². The van der Waals surface area contributed by atoms with Crippen LogP contribution in [-0.2, 0) is 57.2 Å². The molecule has 1 aliphatic rings. The van der Waals surface area contributed by atoms with Gasteiger partial charge in [0.1, 0.15) is 12.7 Å². The fraction of sp³-hybridized carbons (Fsp3) is 0.852. The molecule has 12 nitrogen and oxygen atoms in total. The molecule has 0 aromatic heterocycles. The van der Waals surface area contributed by atoms with Crippen LogP contribution in [0.4, 0.5) is 13.2 Å². The summed E-state index contributed by atoms with van der Waals surface area (Å²) in [7, 11) is -6.44. The first-order valence-corrected chi connectivity index (χ1v) is 14.8. The minimum atomic E-state index is -6.44. The Morgan fingerprint density at radius 3 is 1.35 bits per heavy atom. The summed E-state index contributed by atoms with van der Waals surface area (Å²) in [6.45, 7) is 16.6. The third-order valence-corrected chi connectivity index (χ3v) is 6.69. The van der Waals surface area contributed by atoms with Crippen molar-refractivity contribution in [1.29, 1.82) is 0 Å². The lowest BCUT2D eigenvalue weighted by atomic mass is 9.93. The standard InChI is InChI=1S/C27H43F3O12S/c1-23(2,3)19(31)37-13-14-15(39-20(32)24(4,5)6)16(40-21(33)25(7,8)9)17(42-43(35,36)27(28,29)30)18(38-14)41-22(34)26(10,11)12/h14-18H,13H2,1-12H3/t14?,15-,16+,17?,18?/m1/s1. The van der Waals surface area contributed by atoms with E-state index in [0.717, 1.165) is 0 Å². The molecule has 0 amide bonds. The summed E-state index contributed by atoms with van der Waals surface area (Å²) >= 11 is 0. The van der Waals surface area contributed by atoms with E-state index >= 15 is 0 Å². The maximum absolute atomic E-state index is 13.5. The van der Waals surface area contributed by atoms with Gasteiger partial charge in [-0.3, -0.25) is 19.2 Å². The van der Waals surface area contributed by atoms with Crippen LogP contribution < -0.4 is 0 Å². The fourth-order valence-electron chi connectivity index (χ4n) is 2.94. The number of hydrogen-bond acceptors (Lipinski definition) is 12. The zero-order valence-electron chi connectivity index (χ0n) is 26.5. The number of rotatable bonds is 7. The zero-order chi connectivity index (χ0) is 34.1. The third kappa shape index (κ3) is 10.6. The number of esters is 4. The van der Waals surface area contributed by atoms with E-state index < -0.39 is 98.5 Å². The van der Waals surface area contributed by atoms with Crippen molar-refractivity contribution in [3.63, 3.8) is 0 Å². The zero-order valence-corrected chi connectivity index (χ0v) is 27.4. The third-order valence-electron chi connectivity index (χ3n) is 5.65. The molecule has 1 rings (SSSR count).